The second-order valence-electron chi connectivity index (χ2n) is 13.5. The lowest BCUT2D eigenvalue weighted by Gasteiger charge is -2.43. The van der Waals surface area contributed by atoms with Crippen molar-refractivity contribution in [2.24, 2.45) is 11.7 Å². The van der Waals surface area contributed by atoms with Gasteiger partial charge in [0.1, 0.15) is 35.0 Å². The lowest BCUT2D eigenvalue weighted by atomic mass is 9.72. The number of rotatable bonds is 10. The number of benzene rings is 2. The van der Waals surface area contributed by atoms with Crippen molar-refractivity contribution in [3.8, 4) is 17.2 Å². The summed E-state index contributed by atoms with van der Waals surface area (Å²) in [4.78, 5) is 65.7. The summed E-state index contributed by atoms with van der Waals surface area (Å²) < 4.78 is 17.5. The highest BCUT2D eigenvalue weighted by Crippen LogP contribution is 2.52. The molecule has 50 heavy (non-hydrogen) atoms. The molecule has 2 amide bonds. The van der Waals surface area contributed by atoms with E-state index in [-0.39, 0.29) is 46.9 Å². The fraction of sp³-hybridized carbons (Fsp3) is 0.514. The molecule has 5 rings (SSSR count). The Morgan fingerprint density at radius 3 is 2.40 bits per heavy atom. The Balaban J connectivity index is 1.52. The molecule has 7 atom stereocenters. The number of carbonyl (C=O) groups is 5. The van der Waals surface area contributed by atoms with E-state index >= 15 is 0 Å². The van der Waals surface area contributed by atoms with E-state index in [1.54, 1.807) is 0 Å². The molecule has 2 aromatic carbocycles. The van der Waals surface area contributed by atoms with Crippen LogP contribution in [0.2, 0.25) is 0 Å². The van der Waals surface area contributed by atoms with Crippen LogP contribution in [0.3, 0.4) is 0 Å². The first-order valence-electron chi connectivity index (χ1n) is 16.4. The van der Waals surface area contributed by atoms with Crippen molar-refractivity contribution >= 4 is 29.2 Å². The van der Waals surface area contributed by atoms with Gasteiger partial charge in [-0.3, -0.25) is 24.0 Å². The van der Waals surface area contributed by atoms with Crippen LogP contribution >= 0.6 is 0 Å². The Kier molecular flexibility index (Phi) is 10.4. The van der Waals surface area contributed by atoms with Gasteiger partial charge in [-0.25, -0.2) is 0 Å². The first-order valence-corrected chi connectivity index (χ1v) is 16.4. The van der Waals surface area contributed by atoms with Crippen LogP contribution < -0.4 is 21.1 Å². The van der Waals surface area contributed by atoms with E-state index < -0.39 is 107 Å². The Bertz CT molecular complexity index is 1740. The lowest BCUT2D eigenvalue weighted by molar-refractivity contribution is -0.249. The summed E-state index contributed by atoms with van der Waals surface area (Å²) in [6, 6.07) is 2.47. The molecule has 15 heteroatoms. The molecule has 2 aromatic rings. The highest BCUT2D eigenvalue weighted by Gasteiger charge is 2.49. The van der Waals surface area contributed by atoms with Gasteiger partial charge in [0.05, 0.1) is 48.6 Å². The van der Waals surface area contributed by atoms with Crippen molar-refractivity contribution in [2.75, 3.05) is 13.7 Å². The number of hydrogen-bond acceptors (Lipinski definition) is 13. The monoisotopic (exact) mass is 697 g/mol. The largest absolute Gasteiger partial charge is 0.507 e. The molecule has 1 fully saturated rings. The van der Waals surface area contributed by atoms with Crippen molar-refractivity contribution < 1.29 is 58.6 Å². The molecule has 1 saturated heterocycles. The number of nitrogens with one attached hydrogen (secondary N) is 2. The summed E-state index contributed by atoms with van der Waals surface area (Å²) in [6.07, 6.45) is -5.51. The average molecular weight is 698 g/mol. The molecule has 0 spiro atoms. The number of nitrogens with two attached hydrogens (primary N) is 1. The maximum absolute atomic E-state index is 13.9. The van der Waals surface area contributed by atoms with Gasteiger partial charge >= 0.3 is 0 Å². The van der Waals surface area contributed by atoms with Crippen LogP contribution in [-0.2, 0) is 30.3 Å². The number of methoxy groups -OCH3 is 1. The summed E-state index contributed by atoms with van der Waals surface area (Å²) >= 11 is 0. The van der Waals surface area contributed by atoms with Crippen LogP contribution in [0, 0.1) is 5.92 Å². The zero-order valence-electron chi connectivity index (χ0n) is 28.4. The van der Waals surface area contributed by atoms with E-state index in [0.29, 0.717) is 6.42 Å². The van der Waals surface area contributed by atoms with E-state index in [9.17, 15) is 44.4 Å². The molecular weight excluding hydrogens is 654 g/mol. The Labute approximate surface area is 288 Å². The molecule has 5 unspecified atom stereocenters. The van der Waals surface area contributed by atoms with Gasteiger partial charge in [0.15, 0.2) is 17.9 Å². The number of ketones is 3. The summed E-state index contributed by atoms with van der Waals surface area (Å²) in [5, 5.41) is 51.1. The first kappa shape index (κ1) is 36.9. The number of amides is 2. The van der Waals surface area contributed by atoms with Crippen LogP contribution in [0.5, 0.6) is 17.2 Å². The summed E-state index contributed by atoms with van der Waals surface area (Å²) in [7, 11) is 1.32. The van der Waals surface area contributed by atoms with Gasteiger partial charge in [-0.05, 0) is 32.3 Å². The maximum Gasteiger partial charge on any atom is 0.242 e. The minimum absolute atomic E-state index is 0.0245. The van der Waals surface area contributed by atoms with Crippen molar-refractivity contribution in [3.63, 3.8) is 0 Å². The number of aliphatic hydroxyl groups excluding tert-OH is 1. The van der Waals surface area contributed by atoms with E-state index in [4.69, 9.17) is 19.9 Å². The van der Waals surface area contributed by atoms with Gasteiger partial charge in [-0.2, -0.15) is 0 Å². The van der Waals surface area contributed by atoms with Crippen molar-refractivity contribution in [3.05, 3.63) is 51.6 Å². The number of hydrogen-bond donors (Lipinski definition) is 7. The van der Waals surface area contributed by atoms with Crippen LogP contribution in [0.15, 0.2) is 18.2 Å². The zero-order chi connectivity index (χ0) is 36.8. The van der Waals surface area contributed by atoms with Crippen LogP contribution in [-0.4, -0.2) is 99.4 Å². The molecule has 0 saturated carbocycles. The van der Waals surface area contributed by atoms with Crippen LogP contribution in [0.25, 0.3) is 0 Å². The minimum atomic E-state index is -2.11. The van der Waals surface area contributed by atoms with Crippen molar-refractivity contribution in [2.45, 2.75) is 95.7 Å². The molecule has 2 aliphatic carbocycles. The van der Waals surface area contributed by atoms with Gasteiger partial charge in [0.25, 0.3) is 0 Å². The molecule has 3 aliphatic rings. The summed E-state index contributed by atoms with van der Waals surface area (Å²) in [5.74, 6) is -4.61. The summed E-state index contributed by atoms with van der Waals surface area (Å²) in [6.45, 7) is 6.10. The van der Waals surface area contributed by atoms with Gasteiger partial charge in [-0.1, -0.05) is 26.0 Å². The molecule has 1 heterocycles. The van der Waals surface area contributed by atoms with E-state index in [1.165, 1.54) is 32.2 Å². The number of phenolic OH excluding ortho intramolecular Hbond substituents is 2. The number of ether oxygens (including phenoxy) is 3. The number of aromatic hydroxyl groups is 2. The van der Waals surface area contributed by atoms with Gasteiger partial charge in [-0.15, -0.1) is 0 Å². The standard InChI is InChI=1S/C35H43N3O12/c1-14(2)9-20(37-23(40)13-36)34(46)38-19-10-24(49-15(3)29(19)41)50-22-12-35(47,16(4)39)11-18-26(22)33(45)28-27(31(18)43)30(42)17-7-6-8-21(48-5)25(17)32(28)44/h6-8,14-15,19-20,22,24,29,41,43,45,47H,9-13,36H2,1-5H3,(H,37,40)(H,38,46)/t15?,19?,20?,22-,24?,29?,35-/m0/s1. The van der Waals surface area contributed by atoms with Crippen LogP contribution in [0.4, 0.5) is 0 Å². The van der Waals surface area contributed by atoms with Gasteiger partial charge in [0, 0.05) is 36.0 Å². The molecular formula is C35H43N3O12. The summed E-state index contributed by atoms with van der Waals surface area (Å²) in [5.41, 5.74) is 1.89. The molecule has 1 aliphatic heterocycles. The fourth-order valence-electron chi connectivity index (χ4n) is 7.01. The second-order valence-corrected chi connectivity index (χ2v) is 13.5. The molecule has 0 aromatic heterocycles. The lowest BCUT2D eigenvalue weighted by Crippen LogP contribution is -2.59. The smallest absolute Gasteiger partial charge is 0.242 e. The molecule has 0 bridgehead atoms. The maximum atomic E-state index is 13.9. The number of fused-ring (bicyclic) bond motifs is 3. The SMILES string of the molecule is COc1cccc2c1C(=O)c1c(O)c3c(c(O)c1C2=O)C[C@@](O)(C(C)=O)C[C@@H]3OC1CC(NC(=O)C(CC(C)C)NC(=O)CN)C(O)C(C)O1. The Morgan fingerprint density at radius 1 is 1.10 bits per heavy atom. The molecule has 8 N–H and O–H groups in total. The minimum Gasteiger partial charge on any atom is -0.507 e. The Hall–Kier alpha value is -4.41. The van der Waals surface area contributed by atoms with Gasteiger partial charge < -0.3 is 51.0 Å². The van der Waals surface area contributed by atoms with Crippen molar-refractivity contribution in [1.82, 2.24) is 10.6 Å². The third-order valence-electron chi connectivity index (χ3n) is 9.63. The van der Waals surface area contributed by atoms with Gasteiger partial charge in [0.2, 0.25) is 17.6 Å². The van der Waals surface area contributed by atoms with E-state index in [1.807, 2.05) is 13.8 Å². The zero-order valence-corrected chi connectivity index (χ0v) is 28.4. The van der Waals surface area contributed by atoms with E-state index in [0.717, 1.165) is 6.92 Å². The first-order chi connectivity index (χ1) is 23.5. The normalized spacial score (nSPS) is 26.4. The van der Waals surface area contributed by atoms with Crippen LogP contribution in [0.1, 0.15) is 96.0 Å². The molecule has 270 valence electrons. The third-order valence-corrected chi connectivity index (χ3v) is 9.63. The molecule has 15 nitrogen and oxygen atoms in total. The number of carbonyl (C=O) groups excluding carboxylic acids is 5. The number of Topliss-reactive ketones (excluding diaryl/α,β-unsaturated/α-hetero) is 1. The highest BCUT2D eigenvalue weighted by atomic mass is 16.7. The van der Waals surface area contributed by atoms with Crippen molar-refractivity contribution in [1.29, 1.82) is 0 Å². The van der Waals surface area contributed by atoms with E-state index in [2.05, 4.69) is 10.6 Å². The molecule has 0 radical (unpaired) electrons. The predicted molar refractivity (Wildman–Crippen MR) is 175 cm³/mol. The highest BCUT2D eigenvalue weighted by molar-refractivity contribution is 6.31. The fourth-order valence-corrected chi connectivity index (χ4v) is 7.01. The quantitative estimate of drug-likeness (QED) is 0.144. The number of phenols is 2. The number of aliphatic hydroxyl groups is 2. The predicted octanol–water partition coefficient (Wildman–Crippen LogP) is 0.676. The second kappa shape index (κ2) is 14.1. The topological polar surface area (TPSA) is 244 Å². The Morgan fingerprint density at radius 2 is 1.78 bits per heavy atom. The average Bonchev–Trinajstić information content (AvgIpc) is 3.06. The third kappa shape index (κ3) is 6.58.